The van der Waals surface area contributed by atoms with Gasteiger partial charge in [0, 0.05) is 11.6 Å². The van der Waals surface area contributed by atoms with Gasteiger partial charge in [0.1, 0.15) is 0 Å². The average Bonchev–Trinajstić information content (AvgIpc) is 3.20. The molecule has 1 amide bonds. The molecule has 0 saturated heterocycles. The number of carbonyl (C=O) groups is 1. The number of amides is 1. The van der Waals surface area contributed by atoms with Crippen molar-refractivity contribution in [3.63, 3.8) is 0 Å². The Morgan fingerprint density at radius 2 is 2.19 bits per heavy atom. The van der Waals surface area contributed by atoms with Crippen LogP contribution in [0.25, 0.3) is 11.0 Å². The van der Waals surface area contributed by atoms with E-state index in [0.717, 1.165) is 21.6 Å². The highest BCUT2D eigenvalue weighted by Crippen LogP contribution is 2.31. The van der Waals surface area contributed by atoms with Gasteiger partial charge in [-0.25, -0.2) is 4.98 Å². The van der Waals surface area contributed by atoms with Gasteiger partial charge >= 0.3 is 0 Å². The normalized spacial score (nSPS) is 14.3. The molecule has 0 radical (unpaired) electrons. The first kappa shape index (κ1) is 18.4. The van der Waals surface area contributed by atoms with Crippen LogP contribution >= 0.6 is 11.3 Å². The maximum Gasteiger partial charge on any atom is 0.213 e. The molecule has 0 bridgehead atoms. The second kappa shape index (κ2) is 7.88. The molecule has 1 aromatic carbocycles. The number of para-hydroxylation sites is 1. The molecule has 6 nitrogen and oxygen atoms in total. The fourth-order valence-corrected chi connectivity index (χ4v) is 3.18. The van der Waals surface area contributed by atoms with E-state index >= 15 is 0 Å². The molecule has 26 heavy (non-hydrogen) atoms. The van der Waals surface area contributed by atoms with E-state index in [4.69, 9.17) is 9.15 Å². The summed E-state index contributed by atoms with van der Waals surface area (Å²) in [5, 5.41) is 13.6. The molecular weight excluding hydrogens is 352 g/mol. The highest BCUT2D eigenvalue weighted by atomic mass is 32.1. The third kappa shape index (κ3) is 4.42. The van der Waals surface area contributed by atoms with Crippen LogP contribution in [0, 0.1) is 0 Å². The van der Waals surface area contributed by atoms with Crippen molar-refractivity contribution < 1.29 is 19.1 Å². The predicted octanol–water partition coefficient (Wildman–Crippen LogP) is 4.30. The minimum atomic E-state index is -0.888. The number of rotatable bonds is 5. The number of ether oxygens (including phenoxy) is 1. The van der Waals surface area contributed by atoms with Crippen LogP contribution in [0.15, 0.2) is 41.1 Å². The van der Waals surface area contributed by atoms with Crippen LogP contribution in [-0.4, -0.2) is 22.6 Å². The van der Waals surface area contributed by atoms with E-state index in [1.165, 1.54) is 30.6 Å². The second-order valence-corrected chi connectivity index (χ2v) is 7.65. The van der Waals surface area contributed by atoms with E-state index in [0.29, 0.717) is 17.6 Å². The van der Waals surface area contributed by atoms with E-state index in [-0.39, 0.29) is 0 Å². The van der Waals surface area contributed by atoms with Gasteiger partial charge in [-0.2, -0.15) is 0 Å². The van der Waals surface area contributed by atoms with Gasteiger partial charge in [-0.05, 0) is 45.2 Å². The SMILES string of the molecule is CC(C)(O)c1cnc(NC=O)s1.c1cc(OC2CCC2)c2occc2c1. The molecule has 2 heterocycles. The van der Waals surface area contributed by atoms with E-state index < -0.39 is 5.60 Å². The number of anilines is 1. The third-order valence-electron chi connectivity index (χ3n) is 4.08. The van der Waals surface area contributed by atoms with Gasteiger partial charge in [-0.3, -0.25) is 4.79 Å². The van der Waals surface area contributed by atoms with Crippen molar-refractivity contribution in [3.05, 3.63) is 41.6 Å². The number of furan rings is 1. The number of aromatic nitrogens is 1. The van der Waals surface area contributed by atoms with Crippen molar-refractivity contribution in [1.29, 1.82) is 0 Å². The highest BCUT2D eigenvalue weighted by Gasteiger charge is 2.20. The van der Waals surface area contributed by atoms with Crippen LogP contribution in [0.4, 0.5) is 5.13 Å². The van der Waals surface area contributed by atoms with E-state index in [2.05, 4.69) is 10.3 Å². The molecule has 0 spiro atoms. The average molecular weight is 374 g/mol. The lowest BCUT2D eigenvalue weighted by Gasteiger charge is -2.26. The molecule has 3 aromatic rings. The van der Waals surface area contributed by atoms with Crippen LogP contribution < -0.4 is 10.1 Å². The molecule has 4 rings (SSSR count). The maximum atomic E-state index is 10.0. The Labute approximate surface area is 155 Å². The smallest absolute Gasteiger partial charge is 0.213 e. The topological polar surface area (TPSA) is 84.6 Å². The van der Waals surface area contributed by atoms with Gasteiger partial charge in [0.25, 0.3) is 0 Å². The van der Waals surface area contributed by atoms with Crippen molar-refractivity contribution in [2.24, 2.45) is 0 Å². The molecule has 2 N–H and O–H groups in total. The van der Waals surface area contributed by atoms with Crippen molar-refractivity contribution in [3.8, 4) is 5.75 Å². The molecule has 0 unspecified atom stereocenters. The van der Waals surface area contributed by atoms with Crippen molar-refractivity contribution >= 4 is 33.8 Å². The van der Waals surface area contributed by atoms with Gasteiger partial charge in [0.2, 0.25) is 6.41 Å². The molecule has 1 fully saturated rings. The molecule has 0 atom stereocenters. The summed E-state index contributed by atoms with van der Waals surface area (Å²) in [4.78, 5) is 14.6. The fraction of sp³-hybridized carbons (Fsp3) is 0.368. The quantitative estimate of drug-likeness (QED) is 0.650. The molecule has 7 heteroatoms. The summed E-state index contributed by atoms with van der Waals surface area (Å²) >= 11 is 1.26. The first-order chi connectivity index (χ1) is 12.5. The first-order valence-electron chi connectivity index (χ1n) is 8.49. The summed E-state index contributed by atoms with van der Waals surface area (Å²) in [6, 6.07) is 7.98. The Morgan fingerprint density at radius 1 is 1.38 bits per heavy atom. The Kier molecular flexibility index (Phi) is 5.58. The third-order valence-corrected chi connectivity index (χ3v) is 5.32. The van der Waals surface area contributed by atoms with Gasteiger partial charge in [0.15, 0.2) is 16.5 Å². The molecule has 0 aliphatic heterocycles. The molecule has 1 aliphatic carbocycles. The number of aliphatic hydroxyl groups is 1. The number of nitrogens with one attached hydrogen (secondary N) is 1. The Balaban J connectivity index is 0.000000153. The van der Waals surface area contributed by atoms with E-state index in [9.17, 15) is 9.90 Å². The van der Waals surface area contributed by atoms with Crippen LogP contribution in [0.3, 0.4) is 0 Å². The summed E-state index contributed by atoms with van der Waals surface area (Å²) in [5.41, 5.74) is -0.0140. The molecule has 138 valence electrons. The van der Waals surface area contributed by atoms with Crippen molar-refractivity contribution in [2.45, 2.75) is 44.8 Å². The minimum Gasteiger partial charge on any atom is -0.486 e. The molecule has 1 saturated carbocycles. The highest BCUT2D eigenvalue weighted by molar-refractivity contribution is 7.15. The summed E-state index contributed by atoms with van der Waals surface area (Å²) in [5.74, 6) is 0.886. The number of thiazole rings is 1. The van der Waals surface area contributed by atoms with Gasteiger partial charge in [0.05, 0.1) is 22.8 Å². The minimum absolute atomic E-state index is 0.408. The summed E-state index contributed by atoms with van der Waals surface area (Å²) in [7, 11) is 0. The fourth-order valence-electron chi connectivity index (χ4n) is 2.40. The van der Waals surface area contributed by atoms with Crippen molar-refractivity contribution in [2.75, 3.05) is 5.32 Å². The predicted molar refractivity (Wildman–Crippen MR) is 102 cm³/mol. The number of hydrogen-bond acceptors (Lipinski definition) is 6. The first-order valence-corrected chi connectivity index (χ1v) is 9.31. The zero-order valence-electron chi connectivity index (χ0n) is 14.8. The zero-order chi connectivity index (χ0) is 18.6. The van der Waals surface area contributed by atoms with Crippen LogP contribution in [-0.2, 0) is 10.4 Å². The number of hydrogen-bond donors (Lipinski definition) is 2. The standard InChI is InChI=1S/C12H12O2.C7H10N2O2S/c1-3-9-7-8-13-12(9)11(6-1)14-10-4-2-5-10;1-7(2,11)5-3-8-6(12-5)9-4-10/h1,3,6-8,10H,2,4-5H2;3-4,11H,1-2H3,(H,8,9,10). The second-order valence-electron chi connectivity index (χ2n) is 6.62. The molecule has 1 aliphatic rings. The molecule has 2 aromatic heterocycles. The number of carbonyl (C=O) groups excluding carboxylic acids is 1. The zero-order valence-corrected chi connectivity index (χ0v) is 15.6. The number of nitrogens with zero attached hydrogens (tertiary/aromatic N) is 1. The Hall–Kier alpha value is -2.38. The molecular formula is C19H22N2O4S. The summed E-state index contributed by atoms with van der Waals surface area (Å²) < 4.78 is 11.2. The number of benzene rings is 1. The van der Waals surface area contributed by atoms with E-state index in [1.54, 1.807) is 26.3 Å². The Bertz CT molecular complexity index is 862. The number of fused-ring (bicyclic) bond motifs is 1. The maximum absolute atomic E-state index is 10.0. The van der Waals surface area contributed by atoms with Gasteiger partial charge in [-0.1, -0.05) is 23.5 Å². The summed E-state index contributed by atoms with van der Waals surface area (Å²) in [6.45, 7) is 3.34. The lowest BCUT2D eigenvalue weighted by Crippen LogP contribution is -2.24. The lowest BCUT2D eigenvalue weighted by molar-refractivity contribution is -0.105. The van der Waals surface area contributed by atoms with Gasteiger partial charge in [-0.15, -0.1) is 0 Å². The largest absolute Gasteiger partial charge is 0.486 e. The van der Waals surface area contributed by atoms with E-state index in [1.807, 2.05) is 24.3 Å². The lowest BCUT2D eigenvalue weighted by atomic mass is 9.96. The van der Waals surface area contributed by atoms with Crippen LogP contribution in [0.5, 0.6) is 5.75 Å². The monoisotopic (exact) mass is 374 g/mol. The summed E-state index contributed by atoms with van der Waals surface area (Å²) in [6.07, 6.45) is 7.88. The van der Waals surface area contributed by atoms with Crippen LogP contribution in [0.2, 0.25) is 0 Å². The van der Waals surface area contributed by atoms with Crippen LogP contribution in [0.1, 0.15) is 38.0 Å². The van der Waals surface area contributed by atoms with Crippen molar-refractivity contribution in [1.82, 2.24) is 4.98 Å². The van der Waals surface area contributed by atoms with Gasteiger partial charge < -0.3 is 19.6 Å². The Morgan fingerprint density at radius 3 is 2.81 bits per heavy atom.